The first-order valence-corrected chi connectivity index (χ1v) is 8.89. The van der Waals surface area contributed by atoms with Crippen molar-refractivity contribution in [1.82, 2.24) is 5.32 Å². The number of hydrogen-bond donors (Lipinski definition) is 1. The number of hydrogen-bond acceptors (Lipinski definition) is 2. The molecule has 0 atom stereocenters. The van der Waals surface area contributed by atoms with E-state index in [1.807, 2.05) is 36.4 Å². The fraction of sp³-hybridized carbons (Fsp3) is 0.235. The van der Waals surface area contributed by atoms with E-state index in [-0.39, 0.29) is 5.91 Å². The van der Waals surface area contributed by atoms with Crippen LogP contribution in [0.4, 0.5) is 0 Å². The highest BCUT2D eigenvalue weighted by Crippen LogP contribution is 2.27. The molecule has 0 radical (unpaired) electrons. The number of thioether (sulfide) groups is 1. The summed E-state index contributed by atoms with van der Waals surface area (Å²) >= 11 is 13.7. The van der Waals surface area contributed by atoms with Gasteiger partial charge in [-0.2, -0.15) is 0 Å². The van der Waals surface area contributed by atoms with Gasteiger partial charge in [0.25, 0.3) is 0 Å². The first-order valence-electron chi connectivity index (χ1n) is 6.98. The Hall–Kier alpha value is -1.16. The molecule has 0 aliphatic heterocycles. The predicted octanol–water partition coefficient (Wildman–Crippen LogP) is 4.59. The molecule has 2 aromatic carbocycles. The Balaban J connectivity index is 1.68. The third kappa shape index (κ3) is 5.56. The van der Waals surface area contributed by atoms with E-state index in [4.69, 9.17) is 23.2 Å². The number of rotatable bonds is 7. The van der Waals surface area contributed by atoms with Gasteiger partial charge in [-0.25, -0.2) is 0 Å². The Morgan fingerprint density at radius 3 is 2.36 bits per heavy atom. The van der Waals surface area contributed by atoms with Crippen LogP contribution in [0, 0.1) is 0 Å². The molecule has 0 heterocycles. The molecule has 0 saturated heterocycles. The second kappa shape index (κ2) is 9.09. The van der Waals surface area contributed by atoms with Crippen molar-refractivity contribution in [3.63, 3.8) is 0 Å². The van der Waals surface area contributed by atoms with Crippen LogP contribution < -0.4 is 5.32 Å². The summed E-state index contributed by atoms with van der Waals surface area (Å²) < 4.78 is 0. The molecule has 0 spiro atoms. The molecule has 0 saturated carbocycles. The molecule has 5 heteroatoms. The fourth-order valence-electron chi connectivity index (χ4n) is 1.96. The fourth-order valence-corrected chi connectivity index (χ4v) is 3.55. The Bertz CT molecular complexity index is 599. The second-order valence-corrected chi connectivity index (χ2v) is 6.58. The van der Waals surface area contributed by atoms with Crippen LogP contribution in [0.15, 0.2) is 48.5 Å². The van der Waals surface area contributed by atoms with Crippen LogP contribution in [0.2, 0.25) is 10.0 Å². The van der Waals surface area contributed by atoms with Gasteiger partial charge in [0, 0.05) is 22.3 Å². The molecule has 116 valence electrons. The summed E-state index contributed by atoms with van der Waals surface area (Å²) in [6, 6.07) is 15.5. The van der Waals surface area contributed by atoms with Gasteiger partial charge in [0.15, 0.2) is 0 Å². The molecule has 2 aromatic rings. The van der Waals surface area contributed by atoms with E-state index in [1.54, 1.807) is 0 Å². The Morgan fingerprint density at radius 1 is 1.00 bits per heavy atom. The molecular formula is C17H17Cl2NOS. The maximum absolute atomic E-state index is 11.8. The Morgan fingerprint density at radius 2 is 1.68 bits per heavy atom. The topological polar surface area (TPSA) is 29.1 Å². The van der Waals surface area contributed by atoms with Crippen molar-refractivity contribution in [2.24, 2.45) is 0 Å². The summed E-state index contributed by atoms with van der Waals surface area (Å²) in [5, 5.41) is 4.21. The average molecular weight is 354 g/mol. The van der Waals surface area contributed by atoms with Gasteiger partial charge in [0.1, 0.15) is 0 Å². The Kier molecular flexibility index (Phi) is 7.10. The lowest BCUT2D eigenvalue weighted by molar-refractivity contribution is -0.118. The number of carbonyl (C=O) groups is 1. The van der Waals surface area contributed by atoms with Gasteiger partial charge in [-0.15, -0.1) is 11.8 Å². The van der Waals surface area contributed by atoms with Crippen LogP contribution in [0.25, 0.3) is 0 Å². The van der Waals surface area contributed by atoms with Crippen molar-refractivity contribution in [2.45, 2.75) is 12.2 Å². The van der Waals surface area contributed by atoms with Gasteiger partial charge in [-0.05, 0) is 29.7 Å². The summed E-state index contributed by atoms with van der Waals surface area (Å²) in [5.74, 6) is 1.06. The molecule has 0 fully saturated rings. The lowest BCUT2D eigenvalue weighted by Crippen LogP contribution is -2.27. The molecule has 0 unspecified atom stereocenters. The average Bonchev–Trinajstić information content (AvgIpc) is 2.51. The molecular weight excluding hydrogens is 337 g/mol. The molecule has 0 aliphatic rings. The van der Waals surface area contributed by atoms with Gasteiger partial charge in [0.2, 0.25) is 5.91 Å². The Labute approximate surface area is 145 Å². The summed E-state index contributed by atoms with van der Waals surface area (Å²) in [4.78, 5) is 11.8. The predicted molar refractivity (Wildman–Crippen MR) is 95.8 cm³/mol. The van der Waals surface area contributed by atoms with E-state index in [2.05, 4.69) is 17.4 Å². The van der Waals surface area contributed by atoms with Crippen LogP contribution in [0.5, 0.6) is 0 Å². The van der Waals surface area contributed by atoms with E-state index in [9.17, 15) is 4.79 Å². The third-order valence-electron chi connectivity index (χ3n) is 3.12. The van der Waals surface area contributed by atoms with E-state index < -0.39 is 0 Å². The molecule has 1 N–H and O–H groups in total. The number of nitrogens with one attached hydrogen (secondary N) is 1. The van der Waals surface area contributed by atoms with Crippen LogP contribution in [-0.4, -0.2) is 18.2 Å². The standard InChI is InChI=1S/C17H17Cl2NOS/c18-15-7-4-8-16(19)14(15)11-22-12-17(21)20-10-9-13-5-2-1-3-6-13/h1-8H,9-12H2,(H,20,21). The first-order chi connectivity index (χ1) is 10.7. The monoisotopic (exact) mass is 353 g/mol. The summed E-state index contributed by atoms with van der Waals surface area (Å²) in [6.07, 6.45) is 0.841. The zero-order valence-corrected chi connectivity index (χ0v) is 14.3. The zero-order chi connectivity index (χ0) is 15.8. The molecule has 0 bridgehead atoms. The molecule has 1 amide bonds. The highest BCUT2D eigenvalue weighted by molar-refractivity contribution is 7.99. The molecule has 0 aliphatic carbocycles. The smallest absolute Gasteiger partial charge is 0.230 e. The summed E-state index contributed by atoms with van der Waals surface area (Å²) in [5.41, 5.74) is 2.10. The van der Waals surface area contributed by atoms with Gasteiger partial charge in [-0.1, -0.05) is 59.6 Å². The normalized spacial score (nSPS) is 10.5. The first kappa shape index (κ1) is 17.2. The summed E-state index contributed by atoms with van der Waals surface area (Å²) in [7, 11) is 0. The second-order valence-electron chi connectivity index (χ2n) is 4.78. The number of halogens is 2. The highest BCUT2D eigenvalue weighted by atomic mass is 35.5. The van der Waals surface area contributed by atoms with Gasteiger partial charge in [-0.3, -0.25) is 4.79 Å². The van der Waals surface area contributed by atoms with Gasteiger partial charge >= 0.3 is 0 Å². The summed E-state index contributed by atoms with van der Waals surface area (Å²) in [6.45, 7) is 0.649. The molecule has 0 aromatic heterocycles. The van der Waals surface area contributed by atoms with Crippen LogP contribution >= 0.6 is 35.0 Å². The molecule has 2 rings (SSSR count). The lowest BCUT2D eigenvalue weighted by atomic mass is 10.1. The van der Waals surface area contributed by atoms with Crippen molar-refractivity contribution in [2.75, 3.05) is 12.3 Å². The highest BCUT2D eigenvalue weighted by Gasteiger charge is 2.07. The van der Waals surface area contributed by atoms with E-state index in [1.165, 1.54) is 17.3 Å². The van der Waals surface area contributed by atoms with Crippen molar-refractivity contribution in [3.05, 3.63) is 69.7 Å². The minimum atomic E-state index is 0.0316. The third-order valence-corrected chi connectivity index (χ3v) is 4.79. The van der Waals surface area contributed by atoms with Crippen LogP contribution in [0.3, 0.4) is 0 Å². The maximum Gasteiger partial charge on any atom is 0.230 e. The van der Waals surface area contributed by atoms with E-state index in [0.29, 0.717) is 28.1 Å². The van der Waals surface area contributed by atoms with Crippen LogP contribution in [-0.2, 0) is 17.0 Å². The number of benzene rings is 2. The molecule has 22 heavy (non-hydrogen) atoms. The molecule has 2 nitrogen and oxygen atoms in total. The van der Waals surface area contributed by atoms with E-state index in [0.717, 1.165) is 12.0 Å². The van der Waals surface area contributed by atoms with Crippen LogP contribution in [0.1, 0.15) is 11.1 Å². The van der Waals surface area contributed by atoms with Crippen molar-refractivity contribution >= 4 is 40.9 Å². The SMILES string of the molecule is O=C(CSCc1c(Cl)cccc1Cl)NCCc1ccccc1. The lowest BCUT2D eigenvalue weighted by Gasteiger charge is -2.07. The van der Waals surface area contributed by atoms with Crippen molar-refractivity contribution < 1.29 is 4.79 Å². The van der Waals surface area contributed by atoms with Crippen molar-refractivity contribution in [3.8, 4) is 0 Å². The minimum absolute atomic E-state index is 0.0316. The largest absolute Gasteiger partial charge is 0.355 e. The quantitative estimate of drug-likeness (QED) is 0.788. The van der Waals surface area contributed by atoms with Crippen molar-refractivity contribution in [1.29, 1.82) is 0 Å². The maximum atomic E-state index is 11.8. The number of amides is 1. The van der Waals surface area contributed by atoms with Gasteiger partial charge in [0.05, 0.1) is 5.75 Å². The number of carbonyl (C=O) groups excluding carboxylic acids is 1. The minimum Gasteiger partial charge on any atom is -0.355 e. The van der Waals surface area contributed by atoms with E-state index >= 15 is 0 Å². The zero-order valence-electron chi connectivity index (χ0n) is 12.0. The van der Waals surface area contributed by atoms with Gasteiger partial charge < -0.3 is 5.32 Å².